The first-order valence-corrected chi connectivity index (χ1v) is 7.65. The Balaban J connectivity index is 2.13. The second-order valence-electron chi connectivity index (χ2n) is 4.87. The SMILES string of the molecule is COCCCC(N)C(=O)Nc1ccc(Br)c2ccccc12. The summed E-state index contributed by atoms with van der Waals surface area (Å²) in [4.78, 5) is 12.1. The van der Waals surface area contributed by atoms with Gasteiger partial charge in [-0.1, -0.05) is 40.2 Å². The predicted octanol–water partition coefficient (Wildman–Crippen LogP) is 3.29. The molecule has 0 aromatic heterocycles. The van der Waals surface area contributed by atoms with Gasteiger partial charge in [-0.15, -0.1) is 0 Å². The van der Waals surface area contributed by atoms with Crippen LogP contribution in [0.3, 0.4) is 0 Å². The fraction of sp³-hybridized carbons (Fsp3) is 0.312. The topological polar surface area (TPSA) is 64.3 Å². The predicted molar refractivity (Wildman–Crippen MR) is 89.4 cm³/mol. The van der Waals surface area contributed by atoms with Gasteiger partial charge in [-0.25, -0.2) is 0 Å². The third kappa shape index (κ3) is 4.03. The summed E-state index contributed by atoms with van der Waals surface area (Å²) in [5.74, 6) is -0.168. The molecule has 0 bridgehead atoms. The third-order valence-electron chi connectivity index (χ3n) is 3.33. The van der Waals surface area contributed by atoms with E-state index in [0.29, 0.717) is 13.0 Å². The van der Waals surface area contributed by atoms with Crippen molar-refractivity contribution in [2.45, 2.75) is 18.9 Å². The van der Waals surface area contributed by atoms with Gasteiger partial charge in [0.25, 0.3) is 0 Å². The number of hydrogen-bond acceptors (Lipinski definition) is 3. The minimum atomic E-state index is -0.525. The fourth-order valence-electron chi connectivity index (χ4n) is 2.18. The Labute approximate surface area is 132 Å². The lowest BCUT2D eigenvalue weighted by atomic mass is 10.1. The Kier molecular flexibility index (Phi) is 5.73. The van der Waals surface area contributed by atoms with Crippen LogP contribution in [0.4, 0.5) is 5.69 Å². The molecule has 1 unspecified atom stereocenters. The van der Waals surface area contributed by atoms with Crippen LogP contribution in [0.2, 0.25) is 0 Å². The molecule has 2 rings (SSSR count). The van der Waals surface area contributed by atoms with Gasteiger partial charge in [0.1, 0.15) is 0 Å². The zero-order chi connectivity index (χ0) is 15.2. The van der Waals surface area contributed by atoms with Gasteiger partial charge in [0.15, 0.2) is 0 Å². The van der Waals surface area contributed by atoms with Crippen LogP contribution in [-0.4, -0.2) is 25.7 Å². The first kappa shape index (κ1) is 15.9. The highest BCUT2D eigenvalue weighted by atomic mass is 79.9. The molecular formula is C16H19BrN2O2. The summed E-state index contributed by atoms with van der Waals surface area (Å²) < 4.78 is 5.97. The molecule has 2 aromatic carbocycles. The molecule has 0 saturated heterocycles. The van der Waals surface area contributed by atoms with E-state index in [1.54, 1.807) is 7.11 Å². The van der Waals surface area contributed by atoms with Gasteiger partial charge in [-0.2, -0.15) is 0 Å². The summed E-state index contributed by atoms with van der Waals surface area (Å²) in [6.45, 7) is 0.613. The van der Waals surface area contributed by atoms with E-state index in [2.05, 4.69) is 21.2 Å². The quantitative estimate of drug-likeness (QED) is 0.785. The molecule has 0 fully saturated rings. The Bertz CT molecular complexity index is 631. The van der Waals surface area contributed by atoms with Gasteiger partial charge in [0, 0.05) is 29.3 Å². The molecule has 2 aromatic rings. The summed E-state index contributed by atoms with van der Waals surface area (Å²) in [6.07, 6.45) is 1.38. The average molecular weight is 351 g/mol. The maximum Gasteiger partial charge on any atom is 0.241 e. The maximum atomic E-state index is 12.1. The van der Waals surface area contributed by atoms with Crippen LogP contribution >= 0.6 is 15.9 Å². The lowest BCUT2D eigenvalue weighted by molar-refractivity contribution is -0.117. The van der Waals surface area contributed by atoms with E-state index in [0.717, 1.165) is 27.4 Å². The monoisotopic (exact) mass is 350 g/mol. The van der Waals surface area contributed by atoms with Gasteiger partial charge >= 0.3 is 0 Å². The van der Waals surface area contributed by atoms with Crippen molar-refractivity contribution >= 4 is 38.3 Å². The summed E-state index contributed by atoms with van der Waals surface area (Å²) >= 11 is 3.52. The van der Waals surface area contributed by atoms with Crippen LogP contribution in [0.25, 0.3) is 10.8 Å². The lowest BCUT2D eigenvalue weighted by Crippen LogP contribution is -2.35. The Morgan fingerprint density at radius 2 is 2.00 bits per heavy atom. The van der Waals surface area contributed by atoms with Gasteiger partial charge in [-0.05, 0) is 30.4 Å². The molecule has 0 radical (unpaired) electrons. The number of hydrogen-bond donors (Lipinski definition) is 2. The number of amides is 1. The second-order valence-corrected chi connectivity index (χ2v) is 5.73. The Hall–Kier alpha value is -1.43. The number of nitrogens with two attached hydrogens (primary N) is 1. The molecule has 21 heavy (non-hydrogen) atoms. The molecule has 4 nitrogen and oxygen atoms in total. The fourth-order valence-corrected chi connectivity index (χ4v) is 2.65. The molecule has 112 valence electrons. The largest absolute Gasteiger partial charge is 0.385 e. The lowest BCUT2D eigenvalue weighted by Gasteiger charge is -2.14. The van der Waals surface area contributed by atoms with Gasteiger partial charge in [-0.3, -0.25) is 4.79 Å². The van der Waals surface area contributed by atoms with Crippen molar-refractivity contribution in [2.24, 2.45) is 5.73 Å². The van der Waals surface area contributed by atoms with Crippen molar-refractivity contribution in [3.63, 3.8) is 0 Å². The number of nitrogens with one attached hydrogen (secondary N) is 1. The summed E-state index contributed by atoms with van der Waals surface area (Å²) in [5.41, 5.74) is 6.68. The van der Waals surface area contributed by atoms with Crippen molar-refractivity contribution in [3.8, 4) is 0 Å². The zero-order valence-electron chi connectivity index (χ0n) is 11.9. The van der Waals surface area contributed by atoms with Crippen molar-refractivity contribution in [1.82, 2.24) is 0 Å². The number of methoxy groups -OCH3 is 1. The van der Waals surface area contributed by atoms with Gasteiger partial charge in [0.05, 0.1) is 6.04 Å². The zero-order valence-corrected chi connectivity index (χ0v) is 13.5. The van der Waals surface area contributed by atoms with Crippen LogP contribution < -0.4 is 11.1 Å². The number of benzene rings is 2. The minimum Gasteiger partial charge on any atom is -0.385 e. The van der Waals surface area contributed by atoms with E-state index in [1.807, 2.05) is 36.4 Å². The van der Waals surface area contributed by atoms with Crippen LogP contribution in [0.15, 0.2) is 40.9 Å². The van der Waals surface area contributed by atoms with Gasteiger partial charge < -0.3 is 15.8 Å². The molecule has 5 heteroatoms. The highest BCUT2D eigenvalue weighted by Crippen LogP contribution is 2.30. The van der Waals surface area contributed by atoms with E-state index in [4.69, 9.17) is 10.5 Å². The summed E-state index contributed by atoms with van der Waals surface area (Å²) in [6, 6.07) is 11.2. The molecule has 1 atom stereocenters. The van der Waals surface area contributed by atoms with Crippen LogP contribution in [0.1, 0.15) is 12.8 Å². The Morgan fingerprint density at radius 3 is 2.71 bits per heavy atom. The van der Waals surface area contributed by atoms with E-state index < -0.39 is 6.04 Å². The van der Waals surface area contributed by atoms with Crippen LogP contribution in [0.5, 0.6) is 0 Å². The minimum absolute atomic E-state index is 0.168. The van der Waals surface area contributed by atoms with Crippen molar-refractivity contribution in [3.05, 3.63) is 40.9 Å². The first-order valence-electron chi connectivity index (χ1n) is 6.86. The van der Waals surface area contributed by atoms with E-state index in [9.17, 15) is 4.79 Å². The molecule has 3 N–H and O–H groups in total. The standard InChI is InChI=1S/C16H19BrN2O2/c1-21-10-4-7-14(18)16(20)19-15-9-8-13(17)11-5-2-3-6-12(11)15/h2-3,5-6,8-9,14H,4,7,10,18H2,1H3,(H,19,20). The van der Waals surface area contributed by atoms with E-state index in [1.165, 1.54) is 0 Å². The molecular weight excluding hydrogens is 332 g/mol. The summed E-state index contributed by atoms with van der Waals surface area (Å²) in [5, 5.41) is 4.96. The molecule has 0 saturated carbocycles. The number of carbonyl (C=O) groups is 1. The highest BCUT2D eigenvalue weighted by Gasteiger charge is 2.14. The number of halogens is 1. The maximum absolute atomic E-state index is 12.1. The smallest absolute Gasteiger partial charge is 0.241 e. The molecule has 0 spiro atoms. The number of ether oxygens (including phenoxy) is 1. The molecule has 0 heterocycles. The number of anilines is 1. The number of carbonyl (C=O) groups excluding carboxylic acids is 1. The third-order valence-corrected chi connectivity index (χ3v) is 4.02. The Morgan fingerprint density at radius 1 is 1.29 bits per heavy atom. The first-order chi connectivity index (χ1) is 10.1. The van der Waals surface area contributed by atoms with Gasteiger partial charge in [0.2, 0.25) is 5.91 Å². The molecule has 0 aliphatic heterocycles. The van der Waals surface area contributed by atoms with Crippen molar-refractivity contribution < 1.29 is 9.53 Å². The second kappa shape index (κ2) is 7.54. The molecule has 1 amide bonds. The molecule has 0 aliphatic carbocycles. The van der Waals surface area contributed by atoms with Crippen molar-refractivity contribution in [1.29, 1.82) is 0 Å². The van der Waals surface area contributed by atoms with E-state index in [-0.39, 0.29) is 5.91 Å². The van der Waals surface area contributed by atoms with Crippen LogP contribution in [0, 0.1) is 0 Å². The number of fused-ring (bicyclic) bond motifs is 1. The normalized spacial score (nSPS) is 12.3. The van der Waals surface area contributed by atoms with Crippen LogP contribution in [-0.2, 0) is 9.53 Å². The summed E-state index contributed by atoms with van der Waals surface area (Å²) in [7, 11) is 1.64. The number of rotatable bonds is 6. The van der Waals surface area contributed by atoms with Crippen molar-refractivity contribution in [2.75, 3.05) is 19.0 Å². The highest BCUT2D eigenvalue weighted by molar-refractivity contribution is 9.10. The van der Waals surface area contributed by atoms with E-state index >= 15 is 0 Å². The average Bonchev–Trinajstić information content (AvgIpc) is 2.50. The molecule has 0 aliphatic rings.